The molecule has 1 saturated heterocycles. The lowest BCUT2D eigenvalue weighted by molar-refractivity contribution is -0.0762. The van der Waals surface area contributed by atoms with Crippen LogP contribution in [-0.2, 0) is 4.74 Å². The van der Waals surface area contributed by atoms with Crippen LogP contribution in [-0.4, -0.2) is 48.3 Å². The molecule has 0 bridgehead atoms. The third kappa shape index (κ3) is 2.70. The van der Waals surface area contributed by atoms with Crippen molar-refractivity contribution in [3.63, 3.8) is 0 Å². The molecular weight excluding hydrogens is 236 g/mol. The summed E-state index contributed by atoms with van der Waals surface area (Å²) in [6.45, 7) is 10.2. The number of hydrogen-bond acceptors (Lipinski definition) is 3. The molecule has 0 spiro atoms. The molecule has 2 unspecified atom stereocenters. The number of nitrogens with zero attached hydrogens (tertiary/aromatic N) is 1. The van der Waals surface area contributed by atoms with E-state index in [0.29, 0.717) is 11.6 Å². The van der Waals surface area contributed by atoms with Gasteiger partial charge in [0.15, 0.2) is 0 Å². The summed E-state index contributed by atoms with van der Waals surface area (Å²) >= 11 is 0. The molecule has 0 aromatic rings. The van der Waals surface area contributed by atoms with E-state index in [1.165, 1.54) is 45.2 Å². The van der Waals surface area contributed by atoms with Crippen LogP contribution in [0.5, 0.6) is 0 Å². The molecular formula is C16H30N2O. The van der Waals surface area contributed by atoms with E-state index in [1.807, 2.05) is 0 Å². The Morgan fingerprint density at radius 3 is 2.58 bits per heavy atom. The number of ether oxygens (including phenoxy) is 1. The summed E-state index contributed by atoms with van der Waals surface area (Å²) < 4.78 is 5.74. The largest absolute Gasteiger partial charge is 0.378 e. The van der Waals surface area contributed by atoms with Crippen molar-refractivity contribution < 1.29 is 4.74 Å². The van der Waals surface area contributed by atoms with Crippen LogP contribution in [0, 0.1) is 5.92 Å². The van der Waals surface area contributed by atoms with Crippen LogP contribution < -0.4 is 5.32 Å². The first-order chi connectivity index (χ1) is 9.16. The molecule has 0 aromatic carbocycles. The fraction of sp³-hybridized carbons (Fsp3) is 1.00. The van der Waals surface area contributed by atoms with E-state index in [-0.39, 0.29) is 0 Å². The summed E-state index contributed by atoms with van der Waals surface area (Å²) in [5, 5.41) is 3.85. The second kappa shape index (κ2) is 5.34. The van der Waals surface area contributed by atoms with Gasteiger partial charge in [0, 0.05) is 37.3 Å². The molecule has 1 heterocycles. The van der Waals surface area contributed by atoms with Crippen LogP contribution in [0.25, 0.3) is 0 Å². The molecule has 2 saturated carbocycles. The Labute approximate surface area is 118 Å². The number of nitrogens with one attached hydrogen (secondary N) is 1. The van der Waals surface area contributed by atoms with E-state index >= 15 is 0 Å². The van der Waals surface area contributed by atoms with Crippen LogP contribution in [0.3, 0.4) is 0 Å². The van der Waals surface area contributed by atoms with Crippen molar-refractivity contribution in [2.45, 2.75) is 76.6 Å². The highest BCUT2D eigenvalue weighted by Crippen LogP contribution is 2.43. The van der Waals surface area contributed by atoms with E-state index in [1.54, 1.807) is 0 Å². The fourth-order valence-corrected chi connectivity index (χ4v) is 4.01. The average Bonchev–Trinajstić information content (AvgIpc) is 3.17. The lowest BCUT2D eigenvalue weighted by Gasteiger charge is -2.53. The predicted octanol–water partition coefficient (Wildman–Crippen LogP) is 2.41. The van der Waals surface area contributed by atoms with Gasteiger partial charge in [0.05, 0.1) is 6.10 Å². The smallest absolute Gasteiger partial charge is 0.0604 e. The molecule has 1 aliphatic heterocycles. The van der Waals surface area contributed by atoms with Crippen molar-refractivity contribution in [1.29, 1.82) is 0 Å². The van der Waals surface area contributed by atoms with Crippen LogP contribution in [0.1, 0.15) is 52.9 Å². The van der Waals surface area contributed by atoms with Crippen LogP contribution in [0.4, 0.5) is 0 Å². The second-order valence-corrected chi connectivity index (χ2v) is 7.01. The summed E-state index contributed by atoms with van der Waals surface area (Å²) in [4.78, 5) is 2.81. The SMILES string of the molecule is CCOC1CC(N2CC(C)(C3CC3)NCC2CC)C1. The van der Waals surface area contributed by atoms with Gasteiger partial charge in [0.1, 0.15) is 0 Å². The lowest BCUT2D eigenvalue weighted by Crippen LogP contribution is -2.67. The summed E-state index contributed by atoms with van der Waals surface area (Å²) in [5.74, 6) is 0.926. The number of rotatable bonds is 5. The maximum Gasteiger partial charge on any atom is 0.0604 e. The topological polar surface area (TPSA) is 24.5 Å². The first-order valence-electron chi connectivity index (χ1n) is 8.28. The Morgan fingerprint density at radius 2 is 2.00 bits per heavy atom. The van der Waals surface area contributed by atoms with E-state index in [9.17, 15) is 0 Å². The highest BCUT2D eigenvalue weighted by atomic mass is 16.5. The van der Waals surface area contributed by atoms with Gasteiger partial charge >= 0.3 is 0 Å². The Bertz CT molecular complexity index is 312. The molecule has 0 aromatic heterocycles. The lowest BCUT2D eigenvalue weighted by atomic mass is 9.82. The zero-order valence-electron chi connectivity index (χ0n) is 12.8. The molecule has 3 heteroatoms. The second-order valence-electron chi connectivity index (χ2n) is 7.01. The Hall–Kier alpha value is -0.120. The van der Waals surface area contributed by atoms with E-state index in [4.69, 9.17) is 4.74 Å². The molecule has 19 heavy (non-hydrogen) atoms. The third-order valence-electron chi connectivity index (χ3n) is 5.61. The van der Waals surface area contributed by atoms with Gasteiger partial charge in [-0.15, -0.1) is 0 Å². The van der Waals surface area contributed by atoms with Crippen LogP contribution >= 0.6 is 0 Å². The van der Waals surface area contributed by atoms with Gasteiger partial charge in [0.2, 0.25) is 0 Å². The average molecular weight is 266 g/mol. The minimum atomic E-state index is 0.377. The van der Waals surface area contributed by atoms with Crippen molar-refractivity contribution >= 4 is 0 Å². The minimum Gasteiger partial charge on any atom is -0.378 e. The molecule has 3 fully saturated rings. The molecule has 3 rings (SSSR count). The van der Waals surface area contributed by atoms with Crippen LogP contribution in [0.15, 0.2) is 0 Å². The van der Waals surface area contributed by atoms with Gasteiger partial charge in [-0.25, -0.2) is 0 Å². The van der Waals surface area contributed by atoms with Gasteiger partial charge in [-0.1, -0.05) is 6.92 Å². The van der Waals surface area contributed by atoms with E-state index in [0.717, 1.165) is 24.6 Å². The van der Waals surface area contributed by atoms with Gasteiger partial charge in [-0.3, -0.25) is 4.90 Å². The summed E-state index contributed by atoms with van der Waals surface area (Å²) in [7, 11) is 0. The standard InChI is InChI=1S/C16H30N2O/c1-4-13-10-17-16(3,12-6-7-12)11-18(13)14-8-15(9-14)19-5-2/h12-15,17H,4-11H2,1-3H3. The maximum atomic E-state index is 5.74. The number of hydrogen-bond donors (Lipinski definition) is 1. The zero-order valence-corrected chi connectivity index (χ0v) is 12.8. The van der Waals surface area contributed by atoms with Crippen molar-refractivity contribution in [3.8, 4) is 0 Å². The van der Waals surface area contributed by atoms with Gasteiger partial charge in [0.25, 0.3) is 0 Å². The molecule has 0 amide bonds. The van der Waals surface area contributed by atoms with E-state index in [2.05, 4.69) is 31.0 Å². The third-order valence-corrected chi connectivity index (χ3v) is 5.61. The number of piperazine rings is 1. The minimum absolute atomic E-state index is 0.377. The molecule has 3 nitrogen and oxygen atoms in total. The fourth-order valence-electron chi connectivity index (χ4n) is 4.01. The maximum absolute atomic E-state index is 5.74. The monoisotopic (exact) mass is 266 g/mol. The van der Waals surface area contributed by atoms with Gasteiger partial charge in [-0.05, 0) is 51.9 Å². The van der Waals surface area contributed by atoms with Crippen molar-refractivity contribution in [2.24, 2.45) is 5.92 Å². The first kappa shape index (κ1) is 13.8. The summed E-state index contributed by atoms with van der Waals surface area (Å²) in [5.41, 5.74) is 0.377. The molecule has 2 atom stereocenters. The highest BCUT2D eigenvalue weighted by molar-refractivity contribution is 5.06. The Morgan fingerprint density at radius 1 is 1.26 bits per heavy atom. The van der Waals surface area contributed by atoms with Crippen molar-refractivity contribution in [3.05, 3.63) is 0 Å². The molecule has 3 aliphatic rings. The molecule has 110 valence electrons. The van der Waals surface area contributed by atoms with Gasteiger partial charge < -0.3 is 10.1 Å². The van der Waals surface area contributed by atoms with Crippen LogP contribution in [0.2, 0.25) is 0 Å². The highest BCUT2D eigenvalue weighted by Gasteiger charge is 2.48. The quantitative estimate of drug-likeness (QED) is 0.827. The van der Waals surface area contributed by atoms with E-state index < -0.39 is 0 Å². The van der Waals surface area contributed by atoms with Crippen molar-refractivity contribution in [1.82, 2.24) is 10.2 Å². The molecule has 0 radical (unpaired) electrons. The van der Waals surface area contributed by atoms with Gasteiger partial charge in [-0.2, -0.15) is 0 Å². The normalized spacial score (nSPS) is 44.1. The Balaban J connectivity index is 1.60. The van der Waals surface area contributed by atoms with Crippen molar-refractivity contribution in [2.75, 3.05) is 19.7 Å². The first-order valence-corrected chi connectivity index (χ1v) is 8.28. The zero-order chi connectivity index (χ0) is 13.5. The summed E-state index contributed by atoms with van der Waals surface area (Å²) in [6.07, 6.45) is 7.18. The molecule has 1 N–H and O–H groups in total. The Kier molecular flexibility index (Phi) is 3.89. The predicted molar refractivity (Wildman–Crippen MR) is 78.4 cm³/mol. The summed E-state index contributed by atoms with van der Waals surface area (Å²) in [6, 6.07) is 1.51. The molecule has 2 aliphatic carbocycles.